The Hall–Kier alpha value is -1.04. The average molecular weight is 233 g/mol. The second kappa shape index (κ2) is 5.16. The molecule has 86 valence electrons. The summed E-state index contributed by atoms with van der Waals surface area (Å²) in [6.07, 6.45) is 2.05. The van der Waals surface area contributed by atoms with E-state index in [-0.39, 0.29) is 5.75 Å². The Morgan fingerprint density at radius 1 is 1.60 bits per heavy atom. The lowest BCUT2D eigenvalue weighted by molar-refractivity contribution is 0.129. The van der Waals surface area contributed by atoms with Gasteiger partial charge in [-0.05, 0) is 12.5 Å². The first-order valence-electron chi connectivity index (χ1n) is 4.89. The van der Waals surface area contributed by atoms with Crippen molar-refractivity contribution in [1.29, 1.82) is 0 Å². The van der Waals surface area contributed by atoms with Crippen molar-refractivity contribution in [3.8, 4) is 0 Å². The van der Waals surface area contributed by atoms with Crippen LogP contribution in [0, 0.1) is 0 Å². The molecule has 0 aromatic carbocycles. The first kappa shape index (κ1) is 12.0. The number of unbranched alkanes of at least 4 members (excludes halogenated alkanes) is 1. The molecule has 1 atom stereocenters. The summed E-state index contributed by atoms with van der Waals surface area (Å²) < 4.78 is 26.8. The molecule has 0 aromatic heterocycles. The zero-order chi connectivity index (χ0) is 11.3. The quantitative estimate of drug-likeness (QED) is 0.730. The van der Waals surface area contributed by atoms with Crippen molar-refractivity contribution in [2.75, 3.05) is 12.3 Å². The molecule has 0 aromatic rings. The smallest absolute Gasteiger partial charge is 0.407 e. The van der Waals surface area contributed by atoms with Crippen LogP contribution in [0.5, 0.6) is 0 Å². The number of alkyl carbamates (subject to hydrolysis) is 1. The Balaban J connectivity index is 2.26. The fraction of sp³-hybridized carbons (Fsp3) is 0.667. The van der Waals surface area contributed by atoms with Gasteiger partial charge < -0.3 is 10.1 Å². The van der Waals surface area contributed by atoms with Crippen LogP contribution in [0.4, 0.5) is 4.79 Å². The van der Waals surface area contributed by atoms with Crippen molar-refractivity contribution in [1.82, 2.24) is 5.32 Å². The highest BCUT2D eigenvalue weighted by molar-refractivity contribution is 7.94. The predicted octanol–water partition coefficient (Wildman–Crippen LogP) is 0.823. The monoisotopic (exact) mass is 233 g/mol. The Bertz CT molecular complexity index is 347. The van der Waals surface area contributed by atoms with Gasteiger partial charge in [-0.2, -0.15) is 0 Å². The molecule has 6 heteroatoms. The third kappa shape index (κ3) is 4.33. The number of ether oxygens (including phenoxy) is 1. The predicted molar refractivity (Wildman–Crippen MR) is 56.1 cm³/mol. The maximum Gasteiger partial charge on any atom is 0.407 e. The molecule has 0 spiro atoms. The number of amides is 1. The molecule has 15 heavy (non-hydrogen) atoms. The molecule has 0 aliphatic carbocycles. The molecule has 0 bridgehead atoms. The summed E-state index contributed by atoms with van der Waals surface area (Å²) in [5, 5.41) is 3.63. The van der Waals surface area contributed by atoms with Crippen LogP contribution in [-0.4, -0.2) is 32.9 Å². The normalized spacial score (nSPS) is 22.6. The van der Waals surface area contributed by atoms with Crippen molar-refractivity contribution in [2.24, 2.45) is 0 Å². The van der Waals surface area contributed by atoms with Crippen LogP contribution < -0.4 is 5.32 Å². The summed E-state index contributed by atoms with van der Waals surface area (Å²) >= 11 is 0. The van der Waals surface area contributed by atoms with E-state index in [0.717, 1.165) is 18.2 Å². The maximum absolute atomic E-state index is 11.1. The van der Waals surface area contributed by atoms with Crippen LogP contribution in [-0.2, 0) is 14.6 Å². The summed E-state index contributed by atoms with van der Waals surface area (Å²) in [4.78, 5) is 11.1. The minimum Gasteiger partial charge on any atom is -0.441 e. The SMILES string of the molecule is CCCCNC(=O)OC1C=CS(=O)(=O)C1. The maximum atomic E-state index is 11.1. The van der Waals surface area contributed by atoms with E-state index in [2.05, 4.69) is 5.32 Å². The zero-order valence-corrected chi connectivity index (χ0v) is 9.42. The summed E-state index contributed by atoms with van der Waals surface area (Å²) in [6.45, 7) is 2.57. The summed E-state index contributed by atoms with van der Waals surface area (Å²) in [6, 6.07) is 0. The molecule has 1 aliphatic heterocycles. The Labute approximate surface area is 89.4 Å². The van der Waals surface area contributed by atoms with Crippen molar-refractivity contribution in [3.05, 3.63) is 11.5 Å². The topological polar surface area (TPSA) is 72.5 Å². The van der Waals surface area contributed by atoms with E-state index in [9.17, 15) is 13.2 Å². The van der Waals surface area contributed by atoms with Gasteiger partial charge in [0.15, 0.2) is 9.84 Å². The van der Waals surface area contributed by atoms with Gasteiger partial charge in [0.1, 0.15) is 6.10 Å². The average Bonchev–Trinajstić information content (AvgIpc) is 2.46. The first-order valence-corrected chi connectivity index (χ1v) is 6.60. The van der Waals surface area contributed by atoms with Crippen molar-refractivity contribution in [2.45, 2.75) is 25.9 Å². The lowest BCUT2D eigenvalue weighted by atomic mass is 10.3. The number of carbonyl (C=O) groups is 1. The minimum atomic E-state index is -3.15. The number of carbonyl (C=O) groups excluding carboxylic acids is 1. The van der Waals surface area contributed by atoms with Crippen LogP contribution in [0.25, 0.3) is 0 Å². The molecule has 0 saturated carbocycles. The van der Waals surface area contributed by atoms with Gasteiger partial charge in [0.25, 0.3) is 0 Å². The van der Waals surface area contributed by atoms with E-state index < -0.39 is 22.0 Å². The summed E-state index contributed by atoms with van der Waals surface area (Å²) in [5.74, 6) is -0.145. The van der Waals surface area contributed by atoms with E-state index in [0.29, 0.717) is 6.54 Å². The third-order valence-corrected chi connectivity index (χ3v) is 3.32. The van der Waals surface area contributed by atoms with E-state index in [1.54, 1.807) is 0 Å². The molecular weight excluding hydrogens is 218 g/mol. The number of sulfone groups is 1. The molecule has 5 nitrogen and oxygen atoms in total. The van der Waals surface area contributed by atoms with Crippen LogP contribution in [0.1, 0.15) is 19.8 Å². The van der Waals surface area contributed by atoms with Crippen LogP contribution >= 0.6 is 0 Å². The van der Waals surface area contributed by atoms with Gasteiger partial charge in [-0.25, -0.2) is 13.2 Å². The lowest BCUT2D eigenvalue weighted by Crippen LogP contribution is -2.30. The van der Waals surface area contributed by atoms with Gasteiger partial charge in [-0.15, -0.1) is 0 Å². The third-order valence-electron chi connectivity index (χ3n) is 1.96. The van der Waals surface area contributed by atoms with Gasteiger partial charge in [0, 0.05) is 12.0 Å². The van der Waals surface area contributed by atoms with Crippen LogP contribution in [0.3, 0.4) is 0 Å². The first-order chi connectivity index (χ1) is 7.03. The molecule has 0 fully saturated rings. The van der Waals surface area contributed by atoms with E-state index >= 15 is 0 Å². The fourth-order valence-corrected chi connectivity index (χ4v) is 2.33. The van der Waals surface area contributed by atoms with E-state index in [4.69, 9.17) is 4.74 Å². The Morgan fingerprint density at radius 2 is 2.33 bits per heavy atom. The highest BCUT2D eigenvalue weighted by Gasteiger charge is 2.24. The standard InChI is InChI=1S/C9H15NO4S/c1-2-3-5-10-9(11)14-8-4-6-15(12,13)7-8/h4,6,8H,2-3,5,7H2,1H3,(H,10,11). The van der Waals surface area contributed by atoms with E-state index in [1.807, 2.05) is 6.92 Å². The minimum absolute atomic E-state index is 0.145. The highest BCUT2D eigenvalue weighted by atomic mass is 32.2. The van der Waals surface area contributed by atoms with Gasteiger partial charge in [0.05, 0.1) is 5.75 Å². The van der Waals surface area contributed by atoms with Gasteiger partial charge in [0.2, 0.25) is 0 Å². The zero-order valence-electron chi connectivity index (χ0n) is 8.60. The number of hydrogen-bond acceptors (Lipinski definition) is 4. The molecule has 1 heterocycles. The molecular formula is C9H15NO4S. The molecule has 1 amide bonds. The van der Waals surface area contributed by atoms with Crippen LogP contribution in [0.15, 0.2) is 11.5 Å². The molecule has 0 saturated heterocycles. The molecule has 1 N–H and O–H groups in total. The van der Waals surface area contributed by atoms with Gasteiger partial charge >= 0.3 is 6.09 Å². The van der Waals surface area contributed by atoms with Crippen molar-refractivity contribution < 1.29 is 17.9 Å². The van der Waals surface area contributed by atoms with Gasteiger partial charge in [-0.3, -0.25) is 0 Å². The highest BCUT2D eigenvalue weighted by Crippen LogP contribution is 2.11. The van der Waals surface area contributed by atoms with Crippen LogP contribution in [0.2, 0.25) is 0 Å². The molecule has 1 rings (SSSR count). The number of rotatable bonds is 4. The van der Waals surface area contributed by atoms with Crippen molar-refractivity contribution in [3.63, 3.8) is 0 Å². The Morgan fingerprint density at radius 3 is 2.87 bits per heavy atom. The summed E-state index contributed by atoms with van der Waals surface area (Å²) in [7, 11) is -3.15. The summed E-state index contributed by atoms with van der Waals surface area (Å²) in [5.41, 5.74) is 0. The number of hydrogen-bond donors (Lipinski definition) is 1. The van der Waals surface area contributed by atoms with Gasteiger partial charge in [-0.1, -0.05) is 13.3 Å². The second-order valence-electron chi connectivity index (χ2n) is 3.38. The molecule has 1 unspecified atom stereocenters. The molecule has 1 aliphatic rings. The Kier molecular flexibility index (Phi) is 4.14. The largest absolute Gasteiger partial charge is 0.441 e. The molecule has 0 radical (unpaired) electrons. The van der Waals surface area contributed by atoms with Crippen molar-refractivity contribution >= 4 is 15.9 Å². The lowest BCUT2D eigenvalue weighted by Gasteiger charge is -2.09. The fourth-order valence-electron chi connectivity index (χ4n) is 1.17. The van der Waals surface area contributed by atoms with E-state index in [1.165, 1.54) is 6.08 Å². The second-order valence-corrected chi connectivity index (χ2v) is 5.31. The number of nitrogens with one attached hydrogen (secondary N) is 1.